The number of phosphoric acid groups is 1. The fourth-order valence-electron chi connectivity index (χ4n) is 7.70. The lowest BCUT2D eigenvalue weighted by Gasteiger charge is -2.20. The molecule has 0 fully saturated rings. The SMILES string of the molecule is CC/C=C\C/C=C\C/C=C\C/C=C\C/C=C\C/C=C\CCCCCCCCC(=O)OC(COCCCCCCCCCCCCCC/C=C\CCCCCCCCCC)COP(=O)(O)OCCN. The maximum absolute atomic E-state index is 12.7. The second kappa shape index (κ2) is 55.6. The van der Waals surface area contributed by atoms with Crippen molar-refractivity contribution in [3.8, 4) is 0 Å². The molecule has 0 aliphatic carbocycles. The van der Waals surface area contributed by atoms with Gasteiger partial charge in [0.2, 0.25) is 0 Å². The molecule has 8 nitrogen and oxygen atoms in total. The van der Waals surface area contributed by atoms with Gasteiger partial charge in [0, 0.05) is 19.6 Å². The van der Waals surface area contributed by atoms with Gasteiger partial charge in [-0.25, -0.2) is 4.57 Å². The lowest BCUT2D eigenvalue weighted by molar-refractivity contribution is -0.154. The van der Waals surface area contributed by atoms with Crippen LogP contribution in [0.2, 0.25) is 0 Å². The minimum absolute atomic E-state index is 0.0941. The Kier molecular flexibility index (Phi) is 53.7. The van der Waals surface area contributed by atoms with Gasteiger partial charge in [0.15, 0.2) is 0 Å². The molecule has 2 atom stereocenters. The van der Waals surface area contributed by atoms with Gasteiger partial charge in [-0.2, -0.15) is 0 Å². The fourth-order valence-corrected chi connectivity index (χ4v) is 8.47. The normalized spacial score (nSPS) is 13.9. The molecule has 0 amide bonds. The molecule has 0 aromatic heterocycles. The summed E-state index contributed by atoms with van der Waals surface area (Å²) in [5.41, 5.74) is 5.40. The molecule has 0 aromatic rings. The van der Waals surface area contributed by atoms with Crippen LogP contribution in [0.15, 0.2) is 85.1 Å². The van der Waals surface area contributed by atoms with Crippen molar-refractivity contribution in [3.63, 3.8) is 0 Å². The number of ether oxygens (including phenoxy) is 2. The smallest absolute Gasteiger partial charge is 0.457 e. The van der Waals surface area contributed by atoms with Crippen molar-refractivity contribution in [3.05, 3.63) is 85.1 Å². The average Bonchev–Trinajstić information content (AvgIpc) is 3.33. The van der Waals surface area contributed by atoms with Crippen LogP contribution < -0.4 is 5.73 Å². The van der Waals surface area contributed by atoms with Crippen molar-refractivity contribution in [2.45, 2.75) is 251 Å². The zero-order valence-electron chi connectivity index (χ0n) is 44.1. The number of allylic oxidation sites excluding steroid dienone is 14. The summed E-state index contributed by atoms with van der Waals surface area (Å²) in [5.74, 6) is -0.345. The first-order chi connectivity index (χ1) is 33.4. The largest absolute Gasteiger partial charge is 0.472 e. The molecule has 9 heteroatoms. The Labute approximate surface area is 419 Å². The van der Waals surface area contributed by atoms with Gasteiger partial charge in [0.25, 0.3) is 0 Å². The predicted octanol–water partition coefficient (Wildman–Crippen LogP) is 18.0. The molecule has 394 valence electrons. The van der Waals surface area contributed by atoms with E-state index < -0.39 is 13.9 Å². The lowest BCUT2D eigenvalue weighted by atomic mass is 10.0. The van der Waals surface area contributed by atoms with Gasteiger partial charge in [-0.3, -0.25) is 13.8 Å². The van der Waals surface area contributed by atoms with E-state index in [0.717, 1.165) is 83.5 Å². The number of hydrogen-bond donors (Lipinski definition) is 2. The first kappa shape index (κ1) is 65.7. The molecule has 0 aliphatic heterocycles. The minimum atomic E-state index is -4.30. The number of unbranched alkanes of at least 4 members (excludes halogenated alkanes) is 26. The van der Waals surface area contributed by atoms with Crippen LogP contribution in [0.5, 0.6) is 0 Å². The second-order valence-electron chi connectivity index (χ2n) is 18.4. The zero-order valence-corrected chi connectivity index (χ0v) is 45.0. The van der Waals surface area contributed by atoms with E-state index in [0.29, 0.717) is 13.0 Å². The van der Waals surface area contributed by atoms with Crippen molar-refractivity contribution >= 4 is 13.8 Å². The van der Waals surface area contributed by atoms with Crippen molar-refractivity contribution in [1.82, 2.24) is 0 Å². The maximum Gasteiger partial charge on any atom is 0.472 e. The average molecular weight is 972 g/mol. The van der Waals surface area contributed by atoms with Crippen molar-refractivity contribution < 1.29 is 32.8 Å². The molecule has 2 unspecified atom stereocenters. The summed E-state index contributed by atoms with van der Waals surface area (Å²) in [6.07, 6.45) is 73.4. The van der Waals surface area contributed by atoms with Crippen LogP contribution in [-0.2, 0) is 27.9 Å². The molecular weight excluding hydrogens is 866 g/mol. The summed E-state index contributed by atoms with van der Waals surface area (Å²) >= 11 is 0. The van der Waals surface area contributed by atoms with E-state index in [9.17, 15) is 14.3 Å². The molecular formula is C59H106NO7P. The van der Waals surface area contributed by atoms with Crippen molar-refractivity contribution in [2.24, 2.45) is 5.73 Å². The van der Waals surface area contributed by atoms with Gasteiger partial charge in [0.1, 0.15) is 6.10 Å². The topological polar surface area (TPSA) is 117 Å². The zero-order chi connectivity index (χ0) is 49.4. The van der Waals surface area contributed by atoms with Crippen LogP contribution in [0, 0.1) is 0 Å². The molecule has 0 heterocycles. The van der Waals surface area contributed by atoms with Crippen molar-refractivity contribution in [2.75, 3.05) is 33.0 Å². The van der Waals surface area contributed by atoms with Gasteiger partial charge in [0.05, 0.1) is 19.8 Å². The highest BCUT2D eigenvalue weighted by atomic mass is 31.2. The summed E-state index contributed by atoms with van der Waals surface area (Å²) in [5, 5.41) is 0. The Morgan fingerprint density at radius 2 is 0.824 bits per heavy atom. The van der Waals surface area contributed by atoms with Crippen LogP contribution in [0.4, 0.5) is 0 Å². The van der Waals surface area contributed by atoms with Gasteiger partial charge in [-0.1, -0.05) is 234 Å². The molecule has 0 saturated carbocycles. The summed E-state index contributed by atoms with van der Waals surface area (Å²) in [7, 11) is -4.30. The number of carbonyl (C=O) groups is 1. The van der Waals surface area contributed by atoms with E-state index in [1.54, 1.807) is 0 Å². The molecule has 0 bridgehead atoms. The summed E-state index contributed by atoms with van der Waals surface area (Å²) in [6.45, 7) is 4.80. The first-order valence-electron chi connectivity index (χ1n) is 28.1. The van der Waals surface area contributed by atoms with E-state index in [4.69, 9.17) is 24.3 Å². The fraction of sp³-hybridized carbons (Fsp3) is 0.746. The Hall–Kier alpha value is -2.32. The molecule has 0 saturated heterocycles. The van der Waals surface area contributed by atoms with E-state index in [-0.39, 0.29) is 32.3 Å². The third-order valence-electron chi connectivity index (χ3n) is 11.8. The van der Waals surface area contributed by atoms with E-state index >= 15 is 0 Å². The molecule has 68 heavy (non-hydrogen) atoms. The number of hydrogen-bond acceptors (Lipinski definition) is 7. The number of rotatable bonds is 53. The molecule has 0 spiro atoms. The second-order valence-corrected chi connectivity index (χ2v) is 19.9. The standard InChI is InChI=1S/C59H106NO7P/c1-3-5-7-9-11-13-15-17-19-21-23-25-27-29-30-32-34-36-38-40-42-44-46-48-50-52-59(61)67-58(57-66-68(62,63)65-55-53-60)56-64-54-51-49-47-45-43-41-39-37-35-33-31-28-26-24-22-20-18-16-14-12-10-8-6-4-2/h5,7,11,13,17,19,22-25,29-30,34,36,58H,3-4,6,8-10,12,14-16,18,20-21,26-28,31-33,35,37-57,60H2,1-2H3,(H,62,63)/b7-5-,13-11-,19-17-,24-22-,25-23-,30-29-,36-34-. The van der Waals surface area contributed by atoms with E-state index in [2.05, 4.69) is 98.9 Å². The Balaban J connectivity index is 3.96. The molecule has 0 aromatic carbocycles. The third kappa shape index (κ3) is 54.6. The Morgan fingerprint density at radius 1 is 0.456 bits per heavy atom. The highest BCUT2D eigenvalue weighted by molar-refractivity contribution is 7.47. The summed E-state index contributed by atoms with van der Waals surface area (Å²) in [4.78, 5) is 22.7. The summed E-state index contributed by atoms with van der Waals surface area (Å²) in [6, 6.07) is 0. The lowest BCUT2D eigenvalue weighted by Crippen LogP contribution is -2.28. The Bertz CT molecular complexity index is 1320. The van der Waals surface area contributed by atoms with Crippen LogP contribution in [0.3, 0.4) is 0 Å². The van der Waals surface area contributed by atoms with Crippen LogP contribution in [-0.4, -0.2) is 49.9 Å². The molecule has 0 aliphatic rings. The van der Waals surface area contributed by atoms with Crippen molar-refractivity contribution in [1.29, 1.82) is 0 Å². The van der Waals surface area contributed by atoms with Gasteiger partial charge in [-0.05, 0) is 89.9 Å². The molecule has 3 N–H and O–H groups in total. The highest BCUT2D eigenvalue weighted by Crippen LogP contribution is 2.43. The third-order valence-corrected chi connectivity index (χ3v) is 12.8. The quantitative estimate of drug-likeness (QED) is 0.0268. The predicted molar refractivity (Wildman–Crippen MR) is 293 cm³/mol. The monoisotopic (exact) mass is 972 g/mol. The Morgan fingerprint density at radius 3 is 1.25 bits per heavy atom. The number of esters is 1. The number of nitrogens with two attached hydrogens (primary N) is 1. The van der Waals surface area contributed by atoms with E-state index in [1.807, 2.05) is 0 Å². The van der Waals surface area contributed by atoms with Crippen LogP contribution >= 0.6 is 7.82 Å². The van der Waals surface area contributed by atoms with Gasteiger partial charge in [-0.15, -0.1) is 0 Å². The number of phosphoric ester groups is 1. The molecule has 0 radical (unpaired) electrons. The van der Waals surface area contributed by atoms with Crippen LogP contribution in [0.1, 0.15) is 245 Å². The number of carbonyl (C=O) groups excluding carboxylic acids is 1. The highest BCUT2D eigenvalue weighted by Gasteiger charge is 2.25. The molecule has 0 rings (SSSR count). The van der Waals surface area contributed by atoms with Crippen LogP contribution in [0.25, 0.3) is 0 Å². The van der Waals surface area contributed by atoms with E-state index in [1.165, 1.54) is 141 Å². The summed E-state index contributed by atoms with van der Waals surface area (Å²) < 4.78 is 33.7. The van der Waals surface area contributed by atoms with Gasteiger partial charge >= 0.3 is 13.8 Å². The maximum atomic E-state index is 12.7. The minimum Gasteiger partial charge on any atom is -0.457 e. The first-order valence-corrected chi connectivity index (χ1v) is 29.6. The van der Waals surface area contributed by atoms with Gasteiger partial charge < -0.3 is 20.1 Å².